The minimum absolute atomic E-state index is 0.00599. The van der Waals surface area contributed by atoms with Gasteiger partial charge in [0.25, 0.3) is 10.0 Å². The van der Waals surface area contributed by atoms with Crippen molar-refractivity contribution >= 4 is 44.1 Å². The summed E-state index contributed by atoms with van der Waals surface area (Å²) < 4.78 is 47.3. The zero-order valence-electron chi connectivity index (χ0n) is 24.0. The number of methoxy groups -OCH3 is 1. The molecule has 0 saturated carbocycles. The Bertz CT molecular complexity index is 1890. The Kier molecular flexibility index (Phi) is 7.72. The van der Waals surface area contributed by atoms with Gasteiger partial charge in [0.15, 0.2) is 5.78 Å². The zero-order chi connectivity index (χ0) is 31.0. The lowest BCUT2D eigenvalue weighted by Gasteiger charge is -2.41. The highest BCUT2D eigenvalue weighted by molar-refractivity contribution is 7.92. The second-order valence-corrected chi connectivity index (χ2v) is 12.4. The van der Waals surface area contributed by atoms with Crippen LogP contribution in [-0.2, 0) is 19.6 Å². The van der Waals surface area contributed by atoms with Crippen LogP contribution in [0, 0.1) is 5.82 Å². The average molecular weight is 617 g/mol. The largest absolute Gasteiger partial charge is 0.480 e. The van der Waals surface area contributed by atoms with Crippen LogP contribution in [0.3, 0.4) is 0 Å². The maximum Gasteiger partial charge on any atom is 0.262 e. The predicted molar refractivity (Wildman–Crippen MR) is 162 cm³/mol. The molecule has 11 nitrogen and oxygen atoms in total. The molecule has 2 fully saturated rings. The lowest BCUT2D eigenvalue weighted by atomic mass is 10.0. The number of carbonyl (C=O) groups excluding carboxylic acids is 2. The summed E-state index contributed by atoms with van der Waals surface area (Å²) in [6, 6.07) is 11.8. The molecule has 2 atom stereocenters. The molecule has 1 amide bonds. The molecule has 44 heavy (non-hydrogen) atoms. The molecule has 4 aromatic rings. The summed E-state index contributed by atoms with van der Waals surface area (Å²) in [6.45, 7) is 2.60. The van der Waals surface area contributed by atoms with Crippen LogP contribution in [0.2, 0.25) is 0 Å². The first-order valence-electron chi connectivity index (χ1n) is 14.0. The minimum Gasteiger partial charge on any atom is -0.480 e. The molecule has 226 valence electrons. The van der Waals surface area contributed by atoms with Crippen molar-refractivity contribution in [2.75, 3.05) is 29.8 Å². The first kappa shape index (κ1) is 29.2. The maximum atomic E-state index is 13.4. The van der Waals surface area contributed by atoms with Gasteiger partial charge in [0.05, 0.1) is 17.5 Å². The van der Waals surface area contributed by atoms with Gasteiger partial charge in [-0.15, -0.1) is 0 Å². The number of fused-ring (bicyclic) bond motifs is 3. The van der Waals surface area contributed by atoms with Gasteiger partial charge in [-0.05, 0) is 73.9 Å². The Morgan fingerprint density at radius 3 is 2.39 bits per heavy atom. The second-order valence-electron chi connectivity index (χ2n) is 10.7. The van der Waals surface area contributed by atoms with Gasteiger partial charge < -0.3 is 14.5 Å². The molecule has 2 aromatic carbocycles. The molecular weight excluding hydrogens is 587 g/mol. The fraction of sp³-hybridized carbons (Fsp3) is 0.258. The number of nitrogens with one attached hydrogen (secondary N) is 1. The number of carbonyl (C=O) groups is 2. The van der Waals surface area contributed by atoms with Crippen LogP contribution in [0.1, 0.15) is 19.8 Å². The van der Waals surface area contributed by atoms with Gasteiger partial charge >= 0.3 is 0 Å². The predicted octanol–water partition coefficient (Wildman–Crippen LogP) is 3.97. The van der Waals surface area contributed by atoms with E-state index in [-0.39, 0.29) is 40.2 Å². The number of ketones is 1. The van der Waals surface area contributed by atoms with Crippen LogP contribution in [0.5, 0.6) is 5.88 Å². The number of sulfonamides is 1. The molecule has 2 saturated heterocycles. The molecule has 0 aliphatic carbocycles. The number of pyridine rings is 1. The third kappa shape index (κ3) is 5.70. The summed E-state index contributed by atoms with van der Waals surface area (Å²) in [5.41, 5.74) is 2.21. The second kappa shape index (κ2) is 11.6. The number of hydrogen-bond acceptors (Lipinski definition) is 9. The molecule has 2 aliphatic heterocycles. The molecule has 1 N–H and O–H groups in total. The van der Waals surface area contributed by atoms with E-state index in [1.807, 2.05) is 23.1 Å². The third-order valence-corrected chi connectivity index (χ3v) is 9.24. The number of halogens is 1. The Labute approximate surface area is 253 Å². The molecule has 0 spiro atoms. The molecule has 0 radical (unpaired) electrons. The SMILES string of the molecule is COc1ncc(-c2ccc3ncnc(N4CC5CCC(C4)N5C(=O)/C=C/C(C)=O)c3c2)cc1NS(=O)(=O)c1ccc(F)cc1. The topological polar surface area (TPSA) is 135 Å². The van der Waals surface area contributed by atoms with Crippen LogP contribution in [0.15, 0.2) is 78.1 Å². The molecular formula is C31H29FN6O5S. The number of anilines is 2. The Hall–Kier alpha value is -4.91. The number of amides is 1. The number of hydrogen-bond donors (Lipinski definition) is 1. The van der Waals surface area contributed by atoms with Crippen LogP contribution < -0.4 is 14.4 Å². The van der Waals surface area contributed by atoms with E-state index in [0.29, 0.717) is 18.7 Å². The van der Waals surface area contributed by atoms with Crippen LogP contribution >= 0.6 is 0 Å². The summed E-state index contributed by atoms with van der Waals surface area (Å²) in [7, 11) is -2.67. The van der Waals surface area contributed by atoms with Gasteiger partial charge in [-0.1, -0.05) is 6.07 Å². The highest BCUT2D eigenvalue weighted by atomic mass is 32.2. The fourth-order valence-electron chi connectivity index (χ4n) is 5.85. The van der Waals surface area contributed by atoms with Crippen molar-refractivity contribution in [2.24, 2.45) is 0 Å². The number of allylic oxidation sites excluding steroid dienone is 1. The van der Waals surface area contributed by atoms with E-state index < -0.39 is 15.8 Å². The average Bonchev–Trinajstić information content (AvgIpc) is 3.28. The van der Waals surface area contributed by atoms with Gasteiger partial charge in [-0.2, -0.15) is 0 Å². The van der Waals surface area contributed by atoms with Crippen molar-refractivity contribution in [3.63, 3.8) is 0 Å². The minimum atomic E-state index is -4.05. The number of piperazine rings is 1. The highest BCUT2D eigenvalue weighted by Crippen LogP contribution is 2.36. The van der Waals surface area contributed by atoms with E-state index in [1.165, 1.54) is 44.6 Å². The van der Waals surface area contributed by atoms with Crippen molar-refractivity contribution in [1.82, 2.24) is 19.9 Å². The molecule has 2 aliphatic rings. The van der Waals surface area contributed by atoms with Crippen molar-refractivity contribution < 1.29 is 27.1 Å². The monoisotopic (exact) mass is 616 g/mol. The third-order valence-electron chi connectivity index (χ3n) is 7.86. The van der Waals surface area contributed by atoms with Gasteiger partial charge in [0.1, 0.15) is 23.6 Å². The molecule has 6 rings (SSSR count). The van der Waals surface area contributed by atoms with E-state index in [9.17, 15) is 22.4 Å². The molecule has 2 aromatic heterocycles. The molecule has 13 heteroatoms. The van der Waals surface area contributed by atoms with Crippen molar-refractivity contribution in [3.8, 4) is 17.0 Å². The quantitative estimate of drug-likeness (QED) is 0.292. The van der Waals surface area contributed by atoms with Crippen LogP contribution in [0.25, 0.3) is 22.0 Å². The fourth-order valence-corrected chi connectivity index (χ4v) is 6.90. The molecule has 2 bridgehead atoms. The standard InChI is InChI=1S/C31H29FN6O5S/c1-19(39)3-12-29(40)38-23-7-8-24(38)17-37(16-23)30-26-13-20(4-11-27(26)34-18-35-30)21-14-28(31(43-2)33-15-21)36-44(41,42)25-9-5-22(32)6-10-25/h3-6,9-15,18,23-24,36H,7-8,16-17H2,1-2H3/b12-3+. The van der Waals surface area contributed by atoms with Gasteiger partial charge in [-0.25, -0.2) is 27.8 Å². The normalized spacial score (nSPS) is 18.2. The summed E-state index contributed by atoms with van der Waals surface area (Å²) in [5.74, 6) is -0.0593. The summed E-state index contributed by atoms with van der Waals surface area (Å²) in [4.78, 5) is 41.5. The Morgan fingerprint density at radius 1 is 0.977 bits per heavy atom. The Morgan fingerprint density at radius 2 is 1.70 bits per heavy atom. The van der Waals surface area contributed by atoms with E-state index in [4.69, 9.17) is 4.74 Å². The number of benzene rings is 2. The lowest BCUT2D eigenvalue weighted by Crippen LogP contribution is -2.55. The summed E-state index contributed by atoms with van der Waals surface area (Å²) >= 11 is 0. The lowest BCUT2D eigenvalue weighted by molar-refractivity contribution is -0.129. The maximum absolute atomic E-state index is 13.4. The van der Waals surface area contributed by atoms with Gasteiger partial charge in [-0.3, -0.25) is 14.3 Å². The summed E-state index contributed by atoms with van der Waals surface area (Å²) in [5, 5.41) is 0.796. The van der Waals surface area contributed by atoms with Crippen LogP contribution in [0.4, 0.5) is 15.9 Å². The van der Waals surface area contributed by atoms with E-state index in [2.05, 4.69) is 24.6 Å². The highest BCUT2D eigenvalue weighted by Gasteiger charge is 2.42. The van der Waals surface area contributed by atoms with Crippen molar-refractivity contribution in [2.45, 2.75) is 36.7 Å². The smallest absolute Gasteiger partial charge is 0.262 e. The summed E-state index contributed by atoms with van der Waals surface area (Å²) in [6.07, 6.45) is 7.49. The van der Waals surface area contributed by atoms with Crippen LogP contribution in [-0.4, -0.2) is 72.2 Å². The molecule has 4 heterocycles. The van der Waals surface area contributed by atoms with E-state index in [1.54, 1.807) is 12.3 Å². The van der Waals surface area contributed by atoms with Gasteiger partial charge in [0.2, 0.25) is 11.8 Å². The molecule has 2 unspecified atom stereocenters. The van der Waals surface area contributed by atoms with E-state index in [0.717, 1.165) is 47.3 Å². The Balaban J connectivity index is 1.31. The van der Waals surface area contributed by atoms with Crippen molar-refractivity contribution in [3.05, 3.63) is 79.0 Å². The first-order valence-corrected chi connectivity index (χ1v) is 15.4. The number of rotatable bonds is 8. The first-order chi connectivity index (χ1) is 21.1. The number of aromatic nitrogens is 3. The number of nitrogens with zero attached hydrogens (tertiary/aromatic N) is 5. The number of ether oxygens (including phenoxy) is 1. The zero-order valence-corrected chi connectivity index (χ0v) is 24.8. The van der Waals surface area contributed by atoms with Crippen molar-refractivity contribution in [1.29, 1.82) is 0 Å². The van der Waals surface area contributed by atoms with E-state index >= 15 is 0 Å². The van der Waals surface area contributed by atoms with Gasteiger partial charge in [0, 0.05) is 48.4 Å².